The minimum Gasteiger partial charge on any atom is -0.393 e. The molecule has 154 valence electrons. The van der Waals surface area contributed by atoms with Gasteiger partial charge >= 0.3 is 0 Å². The van der Waals surface area contributed by atoms with Crippen LogP contribution in [0.4, 0.5) is 0 Å². The average molecular weight is 386 g/mol. The minimum atomic E-state index is -0.215. The summed E-state index contributed by atoms with van der Waals surface area (Å²) in [6.07, 6.45) is 5.85. The van der Waals surface area contributed by atoms with E-state index in [2.05, 4.69) is 40.1 Å². The largest absolute Gasteiger partial charge is 0.393 e. The van der Waals surface area contributed by atoms with E-state index < -0.39 is 0 Å². The SMILES string of the molecule is O=C([C@H]1CCCN(C2CCN(Cc3ccccc3)CC2)C1)N1CCC(O)CC1. The van der Waals surface area contributed by atoms with E-state index in [4.69, 9.17) is 0 Å². The fourth-order valence-electron chi connectivity index (χ4n) is 5.17. The first-order chi connectivity index (χ1) is 13.7. The van der Waals surface area contributed by atoms with Gasteiger partial charge in [0.05, 0.1) is 12.0 Å². The van der Waals surface area contributed by atoms with Crippen molar-refractivity contribution in [3.8, 4) is 0 Å². The lowest BCUT2D eigenvalue weighted by Gasteiger charge is -2.43. The summed E-state index contributed by atoms with van der Waals surface area (Å²) in [6, 6.07) is 11.4. The topological polar surface area (TPSA) is 47.0 Å². The number of benzene rings is 1. The number of piperidine rings is 3. The second kappa shape index (κ2) is 9.38. The molecule has 3 fully saturated rings. The van der Waals surface area contributed by atoms with Gasteiger partial charge in [-0.1, -0.05) is 30.3 Å². The molecule has 0 unspecified atom stereocenters. The zero-order chi connectivity index (χ0) is 19.3. The van der Waals surface area contributed by atoms with Crippen molar-refractivity contribution in [3.05, 3.63) is 35.9 Å². The van der Waals surface area contributed by atoms with Crippen molar-refractivity contribution in [1.82, 2.24) is 14.7 Å². The summed E-state index contributed by atoms with van der Waals surface area (Å²) >= 11 is 0. The third-order valence-electron chi connectivity index (χ3n) is 6.90. The van der Waals surface area contributed by atoms with E-state index in [1.165, 1.54) is 18.4 Å². The van der Waals surface area contributed by atoms with Gasteiger partial charge in [-0.2, -0.15) is 0 Å². The van der Waals surface area contributed by atoms with Crippen LogP contribution in [0.1, 0.15) is 44.1 Å². The molecular formula is C23H35N3O2. The molecular weight excluding hydrogens is 350 g/mol. The van der Waals surface area contributed by atoms with Gasteiger partial charge in [-0.25, -0.2) is 0 Å². The van der Waals surface area contributed by atoms with Crippen LogP contribution in [0.2, 0.25) is 0 Å². The van der Waals surface area contributed by atoms with Crippen LogP contribution in [0.5, 0.6) is 0 Å². The molecule has 3 aliphatic heterocycles. The molecule has 0 radical (unpaired) electrons. The molecule has 3 heterocycles. The molecule has 0 spiro atoms. The highest BCUT2D eigenvalue weighted by Gasteiger charge is 2.34. The molecule has 0 aromatic heterocycles. The van der Waals surface area contributed by atoms with Crippen molar-refractivity contribution in [2.45, 2.75) is 57.2 Å². The Balaban J connectivity index is 1.25. The van der Waals surface area contributed by atoms with Gasteiger partial charge in [-0.3, -0.25) is 14.6 Å². The van der Waals surface area contributed by atoms with Gasteiger partial charge in [0.2, 0.25) is 5.91 Å². The van der Waals surface area contributed by atoms with E-state index in [1.54, 1.807) is 0 Å². The maximum absolute atomic E-state index is 13.0. The second-order valence-corrected chi connectivity index (χ2v) is 8.88. The molecule has 0 saturated carbocycles. The molecule has 5 nitrogen and oxygen atoms in total. The monoisotopic (exact) mass is 385 g/mol. The van der Waals surface area contributed by atoms with Crippen LogP contribution >= 0.6 is 0 Å². The van der Waals surface area contributed by atoms with Crippen LogP contribution < -0.4 is 0 Å². The first-order valence-corrected chi connectivity index (χ1v) is 11.2. The Hall–Kier alpha value is -1.43. The highest BCUT2D eigenvalue weighted by atomic mass is 16.3. The third-order valence-corrected chi connectivity index (χ3v) is 6.90. The first-order valence-electron chi connectivity index (χ1n) is 11.2. The molecule has 1 amide bonds. The van der Waals surface area contributed by atoms with Crippen molar-refractivity contribution >= 4 is 5.91 Å². The van der Waals surface area contributed by atoms with Crippen LogP contribution in [0.3, 0.4) is 0 Å². The van der Waals surface area contributed by atoms with Gasteiger partial charge in [0, 0.05) is 32.2 Å². The Kier molecular flexibility index (Phi) is 6.65. The fourth-order valence-corrected chi connectivity index (χ4v) is 5.17. The average Bonchev–Trinajstić information content (AvgIpc) is 2.75. The van der Waals surface area contributed by atoms with Crippen LogP contribution in [-0.2, 0) is 11.3 Å². The Morgan fingerprint density at radius 2 is 1.64 bits per heavy atom. The van der Waals surface area contributed by atoms with E-state index in [1.807, 2.05) is 4.90 Å². The lowest BCUT2D eigenvalue weighted by atomic mass is 9.92. The zero-order valence-corrected chi connectivity index (χ0v) is 17.0. The minimum absolute atomic E-state index is 0.159. The van der Waals surface area contributed by atoms with Gasteiger partial charge in [-0.05, 0) is 63.7 Å². The van der Waals surface area contributed by atoms with Crippen LogP contribution in [-0.4, -0.2) is 77.1 Å². The van der Waals surface area contributed by atoms with Gasteiger partial charge in [0.1, 0.15) is 0 Å². The Morgan fingerprint density at radius 3 is 2.36 bits per heavy atom. The Morgan fingerprint density at radius 1 is 0.929 bits per heavy atom. The normalized spacial score (nSPS) is 26.5. The van der Waals surface area contributed by atoms with Gasteiger partial charge in [0.15, 0.2) is 0 Å². The smallest absolute Gasteiger partial charge is 0.226 e. The third kappa shape index (κ3) is 4.94. The summed E-state index contributed by atoms with van der Waals surface area (Å²) in [5.74, 6) is 0.490. The summed E-state index contributed by atoms with van der Waals surface area (Å²) in [5.41, 5.74) is 1.40. The molecule has 1 N–H and O–H groups in total. The van der Waals surface area contributed by atoms with Crippen molar-refractivity contribution < 1.29 is 9.90 Å². The van der Waals surface area contributed by atoms with E-state index in [-0.39, 0.29) is 12.0 Å². The molecule has 1 aromatic carbocycles. The number of hydrogen-bond acceptors (Lipinski definition) is 4. The van der Waals surface area contributed by atoms with Crippen LogP contribution in [0.15, 0.2) is 30.3 Å². The molecule has 1 atom stereocenters. The number of rotatable bonds is 4. The second-order valence-electron chi connectivity index (χ2n) is 8.88. The lowest BCUT2D eigenvalue weighted by molar-refractivity contribution is -0.139. The summed E-state index contributed by atoms with van der Waals surface area (Å²) in [6.45, 7) is 6.89. The summed E-state index contributed by atoms with van der Waals surface area (Å²) in [5, 5.41) is 9.70. The number of aliphatic hydroxyl groups excluding tert-OH is 1. The zero-order valence-electron chi connectivity index (χ0n) is 17.0. The number of amides is 1. The predicted octanol–water partition coefficient (Wildman–Crippen LogP) is 2.35. The van der Waals surface area contributed by atoms with Gasteiger partial charge in [0.25, 0.3) is 0 Å². The predicted molar refractivity (Wildman–Crippen MR) is 111 cm³/mol. The van der Waals surface area contributed by atoms with Gasteiger partial charge in [-0.15, -0.1) is 0 Å². The standard InChI is InChI=1S/C23H35N3O2/c27-22-10-15-25(16-11-22)23(28)20-7-4-12-26(18-20)21-8-13-24(14-9-21)17-19-5-2-1-3-6-19/h1-3,5-6,20-22,27H,4,7-18H2/t20-/m0/s1. The molecule has 28 heavy (non-hydrogen) atoms. The number of hydrogen-bond donors (Lipinski definition) is 1. The van der Waals surface area contributed by atoms with Crippen molar-refractivity contribution in [2.24, 2.45) is 5.92 Å². The molecule has 1 aromatic rings. The molecule has 5 heteroatoms. The van der Waals surface area contributed by atoms with Crippen molar-refractivity contribution in [1.29, 1.82) is 0 Å². The summed E-state index contributed by atoms with van der Waals surface area (Å²) in [7, 11) is 0. The highest BCUT2D eigenvalue weighted by molar-refractivity contribution is 5.79. The van der Waals surface area contributed by atoms with E-state index in [9.17, 15) is 9.90 Å². The molecule has 3 aliphatic rings. The quantitative estimate of drug-likeness (QED) is 0.864. The summed E-state index contributed by atoms with van der Waals surface area (Å²) < 4.78 is 0. The molecule has 3 saturated heterocycles. The van der Waals surface area contributed by atoms with E-state index in [0.717, 1.165) is 71.5 Å². The number of carbonyl (C=O) groups is 1. The summed E-state index contributed by atoms with van der Waals surface area (Å²) in [4.78, 5) is 20.1. The maximum atomic E-state index is 13.0. The van der Waals surface area contributed by atoms with Crippen molar-refractivity contribution in [3.63, 3.8) is 0 Å². The van der Waals surface area contributed by atoms with Crippen LogP contribution in [0.25, 0.3) is 0 Å². The van der Waals surface area contributed by atoms with E-state index in [0.29, 0.717) is 11.9 Å². The first kappa shape index (κ1) is 19.9. The lowest BCUT2D eigenvalue weighted by Crippen LogP contribution is -2.52. The number of aliphatic hydroxyl groups is 1. The Bertz CT molecular complexity index is 622. The number of nitrogens with zero attached hydrogens (tertiary/aromatic N) is 3. The van der Waals surface area contributed by atoms with Crippen molar-refractivity contribution in [2.75, 3.05) is 39.3 Å². The number of carbonyl (C=O) groups excluding carboxylic acids is 1. The maximum Gasteiger partial charge on any atom is 0.226 e. The van der Waals surface area contributed by atoms with Gasteiger partial charge < -0.3 is 10.0 Å². The molecule has 0 bridgehead atoms. The molecule has 0 aliphatic carbocycles. The van der Waals surface area contributed by atoms with Crippen LogP contribution in [0, 0.1) is 5.92 Å². The fraction of sp³-hybridized carbons (Fsp3) is 0.696. The van der Waals surface area contributed by atoms with E-state index >= 15 is 0 Å². The number of likely N-dealkylation sites (tertiary alicyclic amines) is 3. The molecule has 4 rings (SSSR count). The Labute approximate surface area is 169 Å². The highest BCUT2D eigenvalue weighted by Crippen LogP contribution is 2.26.